The lowest BCUT2D eigenvalue weighted by molar-refractivity contribution is 0.0939. The number of carbonyl (C=O) groups is 1. The molecule has 100 valence electrons. The Morgan fingerprint density at radius 3 is 2.89 bits per heavy atom. The van der Waals surface area contributed by atoms with Crippen molar-refractivity contribution < 1.29 is 9.90 Å². The Morgan fingerprint density at radius 1 is 1.47 bits per heavy atom. The molecule has 0 aliphatic heterocycles. The van der Waals surface area contributed by atoms with Crippen LogP contribution in [-0.2, 0) is 6.42 Å². The van der Waals surface area contributed by atoms with E-state index in [9.17, 15) is 9.90 Å². The normalized spacial score (nSPS) is 12.1. The second-order valence-corrected chi connectivity index (χ2v) is 5.29. The lowest BCUT2D eigenvalue weighted by Gasteiger charge is -2.11. The first-order valence-electron chi connectivity index (χ1n) is 5.99. The first kappa shape index (κ1) is 13.5. The third-order valence-electron chi connectivity index (χ3n) is 2.62. The predicted molar refractivity (Wildman–Crippen MR) is 73.3 cm³/mol. The maximum Gasteiger partial charge on any atom is 0.253 e. The second kappa shape index (κ2) is 5.79. The SMILES string of the molecule is CCc1cnc(C(C)NC(=O)c2cncc(O)c2)s1. The Labute approximate surface area is 115 Å². The minimum absolute atomic E-state index is 0.0252. The number of carbonyl (C=O) groups excluding carboxylic acids is 1. The first-order valence-corrected chi connectivity index (χ1v) is 6.81. The third kappa shape index (κ3) is 3.29. The quantitative estimate of drug-likeness (QED) is 0.899. The van der Waals surface area contributed by atoms with E-state index in [-0.39, 0.29) is 17.7 Å². The molecule has 0 radical (unpaired) electrons. The number of nitrogens with one attached hydrogen (secondary N) is 1. The van der Waals surface area contributed by atoms with Crippen molar-refractivity contribution in [2.75, 3.05) is 0 Å². The maximum absolute atomic E-state index is 12.0. The molecule has 0 spiro atoms. The number of amides is 1. The van der Waals surface area contributed by atoms with E-state index >= 15 is 0 Å². The molecule has 0 fully saturated rings. The fourth-order valence-electron chi connectivity index (χ4n) is 1.58. The molecule has 2 N–H and O–H groups in total. The van der Waals surface area contributed by atoms with E-state index in [1.165, 1.54) is 23.3 Å². The van der Waals surface area contributed by atoms with E-state index < -0.39 is 0 Å². The fourth-order valence-corrected chi connectivity index (χ4v) is 2.44. The molecule has 0 saturated carbocycles. The van der Waals surface area contributed by atoms with E-state index in [0.29, 0.717) is 5.56 Å². The summed E-state index contributed by atoms with van der Waals surface area (Å²) in [7, 11) is 0. The van der Waals surface area contributed by atoms with Crippen LogP contribution in [0.25, 0.3) is 0 Å². The minimum atomic E-state index is -0.274. The lowest BCUT2D eigenvalue weighted by atomic mass is 10.2. The predicted octanol–water partition coefficient (Wildman–Crippen LogP) is 2.30. The largest absolute Gasteiger partial charge is 0.506 e. The van der Waals surface area contributed by atoms with Crippen LogP contribution in [0.5, 0.6) is 5.75 Å². The molecule has 0 saturated heterocycles. The molecular weight excluding hydrogens is 262 g/mol. The fraction of sp³-hybridized carbons (Fsp3) is 0.308. The molecule has 0 aromatic carbocycles. The van der Waals surface area contributed by atoms with Gasteiger partial charge in [0.2, 0.25) is 0 Å². The Bertz CT molecular complexity index is 583. The van der Waals surface area contributed by atoms with Crippen molar-refractivity contribution in [1.82, 2.24) is 15.3 Å². The molecule has 19 heavy (non-hydrogen) atoms. The summed E-state index contributed by atoms with van der Waals surface area (Å²) in [5, 5.41) is 13.0. The van der Waals surface area contributed by atoms with Gasteiger partial charge in [-0.3, -0.25) is 9.78 Å². The third-order valence-corrected chi connectivity index (χ3v) is 3.95. The van der Waals surface area contributed by atoms with Gasteiger partial charge in [0.05, 0.1) is 17.8 Å². The van der Waals surface area contributed by atoms with Crippen LogP contribution in [0.4, 0.5) is 0 Å². The average Bonchev–Trinajstić information content (AvgIpc) is 2.87. The number of thiazole rings is 1. The number of aromatic nitrogens is 2. The average molecular weight is 277 g/mol. The van der Waals surface area contributed by atoms with Crippen molar-refractivity contribution >= 4 is 17.2 Å². The van der Waals surface area contributed by atoms with Gasteiger partial charge in [0.15, 0.2) is 0 Å². The summed E-state index contributed by atoms with van der Waals surface area (Å²) in [5.74, 6) is -0.299. The molecule has 5 nitrogen and oxygen atoms in total. The highest BCUT2D eigenvalue weighted by molar-refractivity contribution is 7.11. The van der Waals surface area contributed by atoms with Gasteiger partial charge >= 0.3 is 0 Å². The number of nitrogens with zero attached hydrogens (tertiary/aromatic N) is 2. The number of hydrogen-bond donors (Lipinski definition) is 2. The summed E-state index contributed by atoms with van der Waals surface area (Å²) >= 11 is 1.59. The molecule has 0 bridgehead atoms. The number of aromatic hydroxyl groups is 1. The van der Waals surface area contributed by atoms with E-state index in [2.05, 4.69) is 22.2 Å². The Balaban J connectivity index is 2.06. The molecular formula is C13H15N3O2S. The number of rotatable bonds is 4. The molecule has 2 heterocycles. The summed E-state index contributed by atoms with van der Waals surface area (Å²) in [4.78, 5) is 21.2. The van der Waals surface area contributed by atoms with Crippen LogP contribution in [0, 0.1) is 0 Å². The van der Waals surface area contributed by atoms with Crippen LogP contribution in [0.2, 0.25) is 0 Å². The molecule has 1 unspecified atom stereocenters. The summed E-state index contributed by atoms with van der Waals surface area (Å²) in [6.07, 6.45) is 5.48. The lowest BCUT2D eigenvalue weighted by Crippen LogP contribution is -2.26. The summed E-state index contributed by atoms with van der Waals surface area (Å²) in [6, 6.07) is 1.22. The van der Waals surface area contributed by atoms with Gasteiger partial charge < -0.3 is 10.4 Å². The summed E-state index contributed by atoms with van der Waals surface area (Å²) in [6.45, 7) is 3.95. The van der Waals surface area contributed by atoms with Crippen molar-refractivity contribution in [3.63, 3.8) is 0 Å². The Morgan fingerprint density at radius 2 is 2.26 bits per heavy atom. The number of aryl methyl sites for hydroxylation is 1. The summed E-state index contributed by atoms with van der Waals surface area (Å²) < 4.78 is 0. The highest BCUT2D eigenvalue weighted by atomic mass is 32.1. The van der Waals surface area contributed by atoms with Crippen molar-refractivity contribution in [3.05, 3.63) is 40.1 Å². The minimum Gasteiger partial charge on any atom is -0.506 e. The highest BCUT2D eigenvalue weighted by Gasteiger charge is 2.14. The van der Waals surface area contributed by atoms with Crippen LogP contribution in [0.1, 0.15) is 40.1 Å². The van der Waals surface area contributed by atoms with Crippen LogP contribution < -0.4 is 5.32 Å². The molecule has 1 atom stereocenters. The molecule has 2 aromatic rings. The topological polar surface area (TPSA) is 75.1 Å². The molecule has 2 aromatic heterocycles. The Hall–Kier alpha value is -1.95. The van der Waals surface area contributed by atoms with Gasteiger partial charge in [-0.2, -0.15) is 0 Å². The zero-order valence-electron chi connectivity index (χ0n) is 10.8. The van der Waals surface area contributed by atoms with Gasteiger partial charge in [-0.05, 0) is 19.4 Å². The van der Waals surface area contributed by atoms with Crippen LogP contribution in [0.15, 0.2) is 24.7 Å². The van der Waals surface area contributed by atoms with Gasteiger partial charge in [0.1, 0.15) is 10.8 Å². The first-order chi connectivity index (χ1) is 9.10. The van der Waals surface area contributed by atoms with Crippen LogP contribution >= 0.6 is 11.3 Å². The van der Waals surface area contributed by atoms with Gasteiger partial charge in [-0.25, -0.2) is 4.98 Å². The number of hydrogen-bond acceptors (Lipinski definition) is 5. The number of pyridine rings is 1. The second-order valence-electron chi connectivity index (χ2n) is 4.15. The molecule has 1 amide bonds. The standard InChI is InChI=1S/C13H15N3O2S/c1-3-11-7-15-13(19-11)8(2)16-12(18)9-4-10(17)6-14-5-9/h4-8,17H,3H2,1-2H3,(H,16,18). The van der Waals surface area contributed by atoms with Crippen LogP contribution in [0.3, 0.4) is 0 Å². The van der Waals surface area contributed by atoms with Crippen molar-refractivity contribution in [2.45, 2.75) is 26.3 Å². The van der Waals surface area contributed by atoms with E-state index in [1.54, 1.807) is 11.3 Å². The zero-order chi connectivity index (χ0) is 13.8. The molecule has 2 rings (SSSR count). The van der Waals surface area contributed by atoms with Gasteiger partial charge in [0, 0.05) is 17.3 Å². The molecule has 6 heteroatoms. The van der Waals surface area contributed by atoms with Crippen LogP contribution in [-0.4, -0.2) is 21.0 Å². The smallest absolute Gasteiger partial charge is 0.253 e. The van der Waals surface area contributed by atoms with Gasteiger partial charge in [-0.15, -0.1) is 11.3 Å². The van der Waals surface area contributed by atoms with Gasteiger partial charge in [0.25, 0.3) is 5.91 Å². The zero-order valence-corrected chi connectivity index (χ0v) is 11.6. The highest BCUT2D eigenvalue weighted by Crippen LogP contribution is 2.20. The molecule has 0 aliphatic rings. The molecule has 0 aliphatic carbocycles. The maximum atomic E-state index is 12.0. The van der Waals surface area contributed by atoms with E-state index in [4.69, 9.17) is 0 Å². The monoisotopic (exact) mass is 277 g/mol. The van der Waals surface area contributed by atoms with E-state index in [1.807, 2.05) is 13.1 Å². The summed E-state index contributed by atoms with van der Waals surface area (Å²) in [5.41, 5.74) is 0.333. The van der Waals surface area contributed by atoms with Gasteiger partial charge in [-0.1, -0.05) is 6.92 Å². The van der Waals surface area contributed by atoms with E-state index in [0.717, 1.165) is 11.4 Å². The van der Waals surface area contributed by atoms with Crippen molar-refractivity contribution in [1.29, 1.82) is 0 Å². The van der Waals surface area contributed by atoms with Crippen molar-refractivity contribution in [2.24, 2.45) is 0 Å². The Kier molecular flexibility index (Phi) is 4.11. The van der Waals surface area contributed by atoms with Crippen molar-refractivity contribution in [3.8, 4) is 5.75 Å².